The molecule has 1 fully saturated rings. The Morgan fingerprint density at radius 2 is 1.73 bits per heavy atom. The van der Waals surface area contributed by atoms with Gasteiger partial charge in [0.2, 0.25) is 0 Å². The lowest BCUT2D eigenvalue weighted by Gasteiger charge is -2.34. The van der Waals surface area contributed by atoms with E-state index in [1.165, 1.54) is 17.7 Å². The normalized spacial score (nSPS) is 25.6. The quantitative estimate of drug-likeness (QED) is 0.744. The summed E-state index contributed by atoms with van der Waals surface area (Å²) in [6.07, 6.45) is 0.329. The van der Waals surface area contributed by atoms with Crippen molar-refractivity contribution in [2.24, 2.45) is 5.92 Å². The number of hydrogen-bond acceptors (Lipinski definition) is 2. The van der Waals surface area contributed by atoms with Gasteiger partial charge in [0.25, 0.3) is 0 Å². The molecule has 1 N–H and O–H groups in total. The van der Waals surface area contributed by atoms with E-state index in [0.717, 1.165) is 31.7 Å². The highest BCUT2D eigenvalue weighted by atomic mass is 19.4. The number of aryl methyl sites for hydroxylation is 1. The summed E-state index contributed by atoms with van der Waals surface area (Å²) < 4.78 is 44.8. The monoisotopic (exact) mass is 362 g/mol. The molecule has 2 aromatic rings. The van der Waals surface area contributed by atoms with Gasteiger partial charge in [-0.3, -0.25) is 0 Å². The number of hydrogen-bond donors (Lipinski definition) is 1. The van der Waals surface area contributed by atoms with Crippen molar-refractivity contribution >= 4 is 0 Å². The molecular formula is C21H21F3O2. The Morgan fingerprint density at radius 3 is 2.46 bits per heavy atom. The number of halogens is 3. The summed E-state index contributed by atoms with van der Waals surface area (Å²) in [6, 6.07) is 11.1. The smallest absolute Gasteiger partial charge is 0.416 e. The minimum Gasteiger partial charge on any atom is -0.508 e. The van der Waals surface area contributed by atoms with Crippen molar-refractivity contribution in [3.8, 4) is 11.5 Å². The first-order chi connectivity index (χ1) is 12.4. The van der Waals surface area contributed by atoms with Crippen molar-refractivity contribution in [1.82, 2.24) is 0 Å². The maximum Gasteiger partial charge on any atom is 0.416 e. The van der Waals surface area contributed by atoms with Gasteiger partial charge in [0.05, 0.1) is 5.56 Å². The zero-order chi connectivity index (χ0) is 18.3. The molecule has 1 aliphatic carbocycles. The molecule has 0 bridgehead atoms. The van der Waals surface area contributed by atoms with E-state index in [9.17, 15) is 18.3 Å². The molecule has 26 heavy (non-hydrogen) atoms. The molecule has 4 rings (SSSR count). The Kier molecular flexibility index (Phi) is 4.33. The van der Waals surface area contributed by atoms with Gasteiger partial charge >= 0.3 is 6.18 Å². The lowest BCUT2D eigenvalue weighted by molar-refractivity contribution is -0.137. The fraction of sp³-hybridized carbons (Fsp3) is 0.429. The van der Waals surface area contributed by atoms with Gasteiger partial charge < -0.3 is 9.84 Å². The zero-order valence-corrected chi connectivity index (χ0v) is 14.3. The van der Waals surface area contributed by atoms with Crippen LogP contribution in [0.2, 0.25) is 0 Å². The van der Waals surface area contributed by atoms with Crippen molar-refractivity contribution in [2.45, 2.75) is 50.3 Å². The molecule has 1 saturated carbocycles. The molecule has 2 nitrogen and oxygen atoms in total. The van der Waals surface area contributed by atoms with Gasteiger partial charge in [-0.1, -0.05) is 18.6 Å². The van der Waals surface area contributed by atoms with Gasteiger partial charge in [-0.2, -0.15) is 13.2 Å². The van der Waals surface area contributed by atoms with Gasteiger partial charge in [0.15, 0.2) is 0 Å². The van der Waals surface area contributed by atoms with E-state index in [1.807, 2.05) is 12.1 Å². The maximum atomic E-state index is 12.9. The Bertz CT molecular complexity index is 783. The second-order valence-corrected chi connectivity index (χ2v) is 7.31. The highest BCUT2D eigenvalue weighted by molar-refractivity contribution is 5.40. The standard InChI is InChI=1S/C21H21F3O2/c22-21(23,24)15-7-11-19-14(12-15)6-10-20(26-19)18-3-1-2-17(18)13-4-8-16(25)9-5-13/h4-5,7-9,11-12,17-18,20,25H,1-3,6,10H2/t17?,18?,20-/m0/s1. The molecular weight excluding hydrogens is 341 g/mol. The molecule has 0 aromatic heterocycles. The largest absolute Gasteiger partial charge is 0.508 e. The predicted molar refractivity (Wildman–Crippen MR) is 92.4 cm³/mol. The highest BCUT2D eigenvalue weighted by Crippen LogP contribution is 2.46. The fourth-order valence-electron chi connectivity index (χ4n) is 4.46. The second-order valence-electron chi connectivity index (χ2n) is 7.31. The summed E-state index contributed by atoms with van der Waals surface area (Å²) in [5.74, 6) is 1.57. The highest BCUT2D eigenvalue weighted by Gasteiger charge is 2.38. The van der Waals surface area contributed by atoms with Crippen LogP contribution in [0, 0.1) is 5.92 Å². The third-order valence-corrected chi connectivity index (χ3v) is 5.73. The van der Waals surface area contributed by atoms with Crippen molar-refractivity contribution < 1.29 is 23.0 Å². The summed E-state index contributed by atoms with van der Waals surface area (Å²) in [6.45, 7) is 0. The lowest BCUT2D eigenvalue weighted by atomic mass is 9.82. The van der Waals surface area contributed by atoms with Gasteiger partial charge in [-0.15, -0.1) is 0 Å². The van der Waals surface area contributed by atoms with Gasteiger partial charge in [-0.05, 0) is 73.1 Å². The van der Waals surface area contributed by atoms with Crippen molar-refractivity contribution in [1.29, 1.82) is 0 Å². The van der Waals surface area contributed by atoms with Crippen LogP contribution in [0.5, 0.6) is 11.5 Å². The van der Waals surface area contributed by atoms with E-state index in [2.05, 4.69) is 0 Å². The van der Waals surface area contributed by atoms with Crippen LogP contribution >= 0.6 is 0 Å². The van der Waals surface area contributed by atoms with Crippen LogP contribution in [0.25, 0.3) is 0 Å². The van der Waals surface area contributed by atoms with Crippen molar-refractivity contribution in [2.75, 3.05) is 0 Å². The van der Waals surface area contributed by atoms with Gasteiger partial charge in [0.1, 0.15) is 17.6 Å². The molecule has 3 atom stereocenters. The first-order valence-electron chi connectivity index (χ1n) is 9.07. The minimum atomic E-state index is -4.32. The maximum absolute atomic E-state index is 12.9. The van der Waals surface area contributed by atoms with Crippen LogP contribution in [0.3, 0.4) is 0 Å². The van der Waals surface area contributed by atoms with Gasteiger partial charge in [-0.25, -0.2) is 0 Å². The number of ether oxygens (including phenoxy) is 1. The van der Waals surface area contributed by atoms with Crippen LogP contribution < -0.4 is 4.74 Å². The molecule has 5 heteroatoms. The van der Waals surface area contributed by atoms with Crippen LogP contribution in [-0.4, -0.2) is 11.2 Å². The summed E-state index contributed by atoms with van der Waals surface area (Å²) in [5, 5.41) is 9.50. The number of phenolic OH excluding ortho intramolecular Hbond substituents is 1. The summed E-state index contributed by atoms with van der Waals surface area (Å²) in [4.78, 5) is 0. The third-order valence-electron chi connectivity index (χ3n) is 5.73. The van der Waals surface area contributed by atoms with E-state index in [1.54, 1.807) is 12.1 Å². The third kappa shape index (κ3) is 3.27. The van der Waals surface area contributed by atoms with E-state index in [-0.39, 0.29) is 11.9 Å². The Labute approximate surface area is 150 Å². The van der Waals surface area contributed by atoms with Crippen molar-refractivity contribution in [3.63, 3.8) is 0 Å². The molecule has 2 aliphatic rings. The molecule has 0 amide bonds. The molecule has 1 heterocycles. The molecule has 0 saturated heterocycles. The average molecular weight is 362 g/mol. The SMILES string of the molecule is Oc1ccc(C2CCCC2[C@@H]2CCc3cc(C(F)(F)F)ccc3O2)cc1. The van der Waals surface area contributed by atoms with E-state index >= 15 is 0 Å². The van der Waals surface area contributed by atoms with Crippen molar-refractivity contribution in [3.05, 3.63) is 59.2 Å². The summed E-state index contributed by atoms with van der Waals surface area (Å²) in [5.41, 5.74) is 1.24. The molecule has 0 radical (unpaired) electrons. The molecule has 0 spiro atoms. The van der Waals surface area contributed by atoms with Gasteiger partial charge in [0, 0.05) is 5.92 Å². The predicted octanol–water partition coefficient (Wildman–Crippen LogP) is 5.69. The molecule has 2 aromatic carbocycles. The number of phenols is 1. The Balaban J connectivity index is 1.53. The van der Waals surface area contributed by atoms with Crippen LogP contribution in [-0.2, 0) is 12.6 Å². The van der Waals surface area contributed by atoms with E-state index < -0.39 is 11.7 Å². The Morgan fingerprint density at radius 1 is 0.962 bits per heavy atom. The lowest BCUT2D eigenvalue weighted by Crippen LogP contribution is -2.32. The fourth-order valence-corrected chi connectivity index (χ4v) is 4.46. The summed E-state index contributed by atoms with van der Waals surface area (Å²) >= 11 is 0. The zero-order valence-electron chi connectivity index (χ0n) is 14.3. The van der Waals surface area contributed by atoms with Crippen LogP contribution in [0.15, 0.2) is 42.5 Å². The first kappa shape index (κ1) is 17.3. The minimum absolute atomic E-state index is 0.0283. The molecule has 1 aliphatic heterocycles. The number of fused-ring (bicyclic) bond motifs is 1. The van der Waals surface area contributed by atoms with Crippen LogP contribution in [0.4, 0.5) is 13.2 Å². The number of benzene rings is 2. The number of alkyl halides is 3. The molecule has 138 valence electrons. The number of rotatable bonds is 2. The van der Waals surface area contributed by atoms with Crippen LogP contribution in [0.1, 0.15) is 48.3 Å². The second kappa shape index (κ2) is 6.53. The van der Waals surface area contributed by atoms with E-state index in [0.29, 0.717) is 29.6 Å². The summed E-state index contributed by atoms with van der Waals surface area (Å²) in [7, 11) is 0. The topological polar surface area (TPSA) is 29.5 Å². The Hall–Kier alpha value is -2.17. The molecule has 2 unspecified atom stereocenters. The van der Waals surface area contributed by atoms with E-state index in [4.69, 9.17) is 4.74 Å². The first-order valence-corrected chi connectivity index (χ1v) is 9.07. The number of aromatic hydroxyl groups is 1. The average Bonchev–Trinajstić information content (AvgIpc) is 3.10.